The largest absolute Gasteiger partial charge is 0.389 e. The van der Waals surface area contributed by atoms with Crippen molar-refractivity contribution in [3.63, 3.8) is 0 Å². The topological polar surface area (TPSA) is 23.5 Å². The Morgan fingerprint density at radius 3 is 2.43 bits per heavy atom. The molecule has 0 bridgehead atoms. The summed E-state index contributed by atoms with van der Waals surface area (Å²) in [6.45, 7) is 4.53. The van der Waals surface area contributed by atoms with Crippen molar-refractivity contribution < 1.29 is 9.50 Å². The number of unbranched alkanes of at least 4 members (excludes halogenated alkanes) is 1. The normalized spacial score (nSPS) is 12.2. The molecule has 112 valence electrons. The number of para-hydroxylation sites is 1. The van der Waals surface area contributed by atoms with E-state index in [9.17, 15) is 9.50 Å². The minimum Gasteiger partial charge on any atom is -0.389 e. The van der Waals surface area contributed by atoms with Crippen molar-refractivity contribution >= 4 is 11.4 Å². The van der Waals surface area contributed by atoms with Gasteiger partial charge >= 0.3 is 0 Å². The lowest BCUT2D eigenvalue weighted by atomic mass is 10.1. The molecule has 1 N–H and O–H groups in total. The third-order valence-electron chi connectivity index (χ3n) is 3.54. The fourth-order valence-electron chi connectivity index (χ4n) is 2.49. The van der Waals surface area contributed by atoms with E-state index < -0.39 is 6.10 Å². The van der Waals surface area contributed by atoms with Crippen LogP contribution in [0.5, 0.6) is 0 Å². The van der Waals surface area contributed by atoms with Crippen molar-refractivity contribution in [1.29, 1.82) is 0 Å². The van der Waals surface area contributed by atoms with Crippen molar-refractivity contribution in [2.75, 3.05) is 11.4 Å². The first-order valence-electron chi connectivity index (χ1n) is 7.44. The van der Waals surface area contributed by atoms with E-state index in [2.05, 4.69) is 11.8 Å². The van der Waals surface area contributed by atoms with Crippen LogP contribution in [0.1, 0.15) is 38.4 Å². The zero-order valence-electron chi connectivity index (χ0n) is 12.6. The number of nitrogens with zero attached hydrogens (tertiary/aromatic N) is 1. The molecular weight excluding hydrogens is 265 g/mol. The number of anilines is 2. The fraction of sp³-hybridized carbons (Fsp3) is 0.333. The average molecular weight is 287 g/mol. The van der Waals surface area contributed by atoms with Gasteiger partial charge in [-0.3, -0.25) is 0 Å². The SMILES string of the molecule is CCCCN(c1ccccc1)c1cccc(F)c1C(C)O. The van der Waals surface area contributed by atoms with E-state index in [1.54, 1.807) is 13.0 Å². The number of rotatable bonds is 6. The molecule has 0 aliphatic carbocycles. The highest BCUT2D eigenvalue weighted by molar-refractivity contribution is 5.67. The molecule has 1 atom stereocenters. The van der Waals surface area contributed by atoms with E-state index in [1.807, 2.05) is 36.4 Å². The Hall–Kier alpha value is -1.87. The Morgan fingerprint density at radius 1 is 1.10 bits per heavy atom. The van der Waals surface area contributed by atoms with Crippen LogP contribution in [0.15, 0.2) is 48.5 Å². The van der Waals surface area contributed by atoms with Crippen LogP contribution < -0.4 is 4.90 Å². The molecule has 2 aromatic rings. The van der Waals surface area contributed by atoms with E-state index in [4.69, 9.17) is 0 Å². The third kappa shape index (κ3) is 3.61. The number of benzene rings is 2. The predicted molar refractivity (Wildman–Crippen MR) is 85.4 cm³/mol. The molecular formula is C18H22FNO. The van der Waals surface area contributed by atoms with Gasteiger partial charge in [-0.1, -0.05) is 37.6 Å². The zero-order chi connectivity index (χ0) is 15.2. The summed E-state index contributed by atoms with van der Waals surface area (Å²) >= 11 is 0. The van der Waals surface area contributed by atoms with Gasteiger partial charge in [-0.15, -0.1) is 0 Å². The molecule has 0 saturated carbocycles. The van der Waals surface area contributed by atoms with E-state index in [0.29, 0.717) is 5.56 Å². The summed E-state index contributed by atoms with van der Waals surface area (Å²) in [6.07, 6.45) is 1.22. The number of aliphatic hydroxyl groups is 1. The molecule has 3 heteroatoms. The minimum absolute atomic E-state index is 0.359. The molecule has 21 heavy (non-hydrogen) atoms. The second kappa shape index (κ2) is 7.23. The van der Waals surface area contributed by atoms with Crippen molar-refractivity contribution in [2.24, 2.45) is 0 Å². The first kappa shape index (κ1) is 15.5. The molecule has 0 amide bonds. The molecule has 0 aliphatic rings. The van der Waals surface area contributed by atoms with E-state index in [1.165, 1.54) is 6.07 Å². The second-order valence-corrected chi connectivity index (χ2v) is 5.19. The summed E-state index contributed by atoms with van der Waals surface area (Å²) in [5.41, 5.74) is 2.11. The molecule has 0 aromatic heterocycles. The highest BCUT2D eigenvalue weighted by Gasteiger charge is 2.19. The molecule has 2 nitrogen and oxygen atoms in total. The Morgan fingerprint density at radius 2 is 1.81 bits per heavy atom. The van der Waals surface area contributed by atoms with Gasteiger partial charge in [0.05, 0.1) is 6.10 Å². The summed E-state index contributed by atoms with van der Waals surface area (Å²) < 4.78 is 14.1. The standard InChI is InChI=1S/C18H22FNO/c1-3-4-13-20(15-9-6-5-7-10-15)17-12-8-11-16(19)18(17)14(2)21/h5-12,14,21H,3-4,13H2,1-2H3. The first-order chi connectivity index (χ1) is 10.1. The van der Waals surface area contributed by atoms with Crippen LogP contribution in [0.4, 0.5) is 15.8 Å². The molecule has 0 heterocycles. The molecule has 1 unspecified atom stereocenters. The first-order valence-corrected chi connectivity index (χ1v) is 7.44. The van der Waals surface area contributed by atoms with Gasteiger partial charge in [-0.25, -0.2) is 4.39 Å². The van der Waals surface area contributed by atoms with Crippen molar-refractivity contribution in [1.82, 2.24) is 0 Å². The highest BCUT2D eigenvalue weighted by Crippen LogP contribution is 2.33. The van der Waals surface area contributed by atoms with Crippen LogP contribution in [-0.4, -0.2) is 11.7 Å². The Balaban J connectivity index is 2.49. The molecule has 2 aromatic carbocycles. The monoisotopic (exact) mass is 287 g/mol. The van der Waals surface area contributed by atoms with E-state index in [0.717, 1.165) is 30.8 Å². The van der Waals surface area contributed by atoms with Crippen LogP contribution in [-0.2, 0) is 0 Å². The number of halogens is 1. The van der Waals surface area contributed by atoms with Crippen molar-refractivity contribution in [3.8, 4) is 0 Å². The smallest absolute Gasteiger partial charge is 0.131 e. The van der Waals surface area contributed by atoms with Gasteiger partial charge in [0.15, 0.2) is 0 Å². The summed E-state index contributed by atoms with van der Waals surface area (Å²) in [7, 11) is 0. The quantitative estimate of drug-likeness (QED) is 0.823. The molecule has 0 radical (unpaired) electrons. The fourth-order valence-corrected chi connectivity index (χ4v) is 2.49. The van der Waals surface area contributed by atoms with Crippen molar-refractivity contribution in [2.45, 2.75) is 32.8 Å². The van der Waals surface area contributed by atoms with Crippen LogP contribution in [0, 0.1) is 5.82 Å². The second-order valence-electron chi connectivity index (χ2n) is 5.19. The van der Waals surface area contributed by atoms with Gasteiger partial charge in [-0.2, -0.15) is 0 Å². The van der Waals surface area contributed by atoms with Crippen LogP contribution in [0.25, 0.3) is 0 Å². The molecule has 0 spiro atoms. The third-order valence-corrected chi connectivity index (χ3v) is 3.54. The van der Waals surface area contributed by atoms with E-state index in [-0.39, 0.29) is 5.82 Å². The minimum atomic E-state index is -0.839. The molecule has 0 aliphatic heterocycles. The molecule has 0 fully saturated rings. The molecule has 2 rings (SSSR count). The summed E-state index contributed by atoms with van der Waals surface area (Å²) in [5, 5.41) is 9.94. The van der Waals surface area contributed by atoms with Crippen LogP contribution in [0.2, 0.25) is 0 Å². The maximum absolute atomic E-state index is 14.1. The van der Waals surface area contributed by atoms with Gasteiger partial charge in [0.2, 0.25) is 0 Å². The van der Waals surface area contributed by atoms with Gasteiger partial charge in [0.1, 0.15) is 5.82 Å². The lowest BCUT2D eigenvalue weighted by Crippen LogP contribution is -2.21. The Labute approximate surface area is 125 Å². The number of hydrogen-bond acceptors (Lipinski definition) is 2. The van der Waals surface area contributed by atoms with Gasteiger partial charge in [0, 0.05) is 23.5 Å². The van der Waals surface area contributed by atoms with E-state index >= 15 is 0 Å². The van der Waals surface area contributed by atoms with Crippen LogP contribution in [0.3, 0.4) is 0 Å². The zero-order valence-corrected chi connectivity index (χ0v) is 12.6. The van der Waals surface area contributed by atoms with Crippen molar-refractivity contribution in [3.05, 3.63) is 59.9 Å². The highest BCUT2D eigenvalue weighted by atomic mass is 19.1. The molecule has 0 saturated heterocycles. The number of aliphatic hydroxyl groups excluding tert-OH is 1. The lowest BCUT2D eigenvalue weighted by molar-refractivity contribution is 0.194. The summed E-state index contributed by atoms with van der Waals surface area (Å²) in [5.74, 6) is -0.361. The van der Waals surface area contributed by atoms with Gasteiger partial charge < -0.3 is 10.0 Å². The average Bonchev–Trinajstić information content (AvgIpc) is 2.48. The van der Waals surface area contributed by atoms with Crippen LogP contribution >= 0.6 is 0 Å². The summed E-state index contributed by atoms with van der Waals surface area (Å²) in [4.78, 5) is 2.08. The Bertz CT molecular complexity index is 569. The summed E-state index contributed by atoms with van der Waals surface area (Å²) in [6, 6.07) is 14.9. The van der Waals surface area contributed by atoms with Gasteiger partial charge in [0.25, 0.3) is 0 Å². The lowest BCUT2D eigenvalue weighted by Gasteiger charge is -2.28. The maximum Gasteiger partial charge on any atom is 0.131 e. The number of hydrogen-bond donors (Lipinski definition) is 1. The maximum atomic E-state index is 14.1. The predicted octanol–water partition coefficient (Wildman–Crippen LogP) is 4.82. The van der Waals surface area contributed by atoms with Gasteiger partial charge in [-0.05, 0) is 37.6 Å². The Kier molecular flexibility index (Phi) is 5.34.